The van der Waals surface area contributed by atoms with E-state index in [0.717, 1.165) is 38.5 Å². The van der Waals surface area contributed by atoms with Crippen LogP contribution in [0.5, 0.6) is 0 Å². The number of aliphatic hydroxyl groups excluding tert-OH is 1. The van der Waals surface area contributed by atoms with Gasteiger partial charge in [0.2, 0.25) is 5.91 Å². The molecule has 0 spiro atoms. The summed E-state index contributed by atoms with van der Waals surface area (Å²) in [5.74, 6) is -0.194. The van der Waals surface area contributed by atoms with Gasteiger partial charge in [0.1, 0.15) is 0 Å². The second-order valence-electron chi connectivity index (χ2n) is 13.5. The largest absolute Gasteiger partial charge is 0.472 e. The molecular weight excluding hydrogens is 611 g/mol. The third-order valence-electron chi connectivity index (χ3n) is 8.86. The maximum atomic E-state index is 12.7. The third kappa shape index (κ3) is 33.5. The Morgan fingerprint density at radius 2 is 1.09 bits per heavy atom. The molecule has 8 nitrogen and oxygen atoms in total. The summed E-state index contributed by atoms with van der Waals surface area (Å²) in [6.07, 6.45) is 36.9. The number of nitrogens with two attached hydrogens (primary N) is 1. The topological polar surface area (TPSA) is 131 Å². The molecular formula is C38H77N2O6P. The summed E-state index contributed by atoms with van der Waals surface area (Å²) in [7, 11) is -4.32. The molecule has 0 radical (unpaired) electrons. The molecule has 0 saturated carbocycles. The predicted molar refractivity (Wildman–Crippen MR) is 198 cm³/mol. The molecule has 0 rings (SSSR count). The number of phosphoric acid groups is 1. The molecule has 0 aliphatic rings. The number of carbonyl (C=O) groups is 1. The summed E-state index contributed by atoms with van der Waals surface area (Å²) >= 11 is 0. The molecule has 47 heavy (non-hydrogen) atoms. The van der Waals surface area contributed by atoms with Gasteiger partial charge < -0.3 is 21.1 Å². The monoisotopic (exact) mass is 689 g/mol. The van der Waals surface area contributed by atoms with Crippen LogP contribution in [0.25, 0.3) is 0 Å². The molecule has 1 amide bonds. The van der Waals surface area contributed by atoms with Gasteiger partial charge in [-0.15, -0.1) is 0 Å². The van der Waals surface area contributed by atoms with Crippen molar-refractivity contribution in [3.05, 3.63) is 12.2 Å². The van der Waals surface area contributed by atoms with E-state index in [1.54, 1.807) is 6.08 Å². The van der Waals surface area contributed by atoms with Crippen LogP contribution in [0, 0.1) is 0 Å². The SMILES string of the molecule is CCCCCCCCC/C=C/[C@@H](O)[C@H](COP(=O)(O)OCCN)NC(=O)CCCCCCCCCCCCCCCCCCCCC. The Labute approximate surface area is 290 Å². The molecule has 0 fully saturated rings. The lowest BCUT2D eigenvalue weighted by atomic mass is 10.0. The van der Waals surface area contributed by atoms with E-state index in [-0.39, 0.29) is 25.7 Å². The van der Waals surface area contributed by atoms with Crippen molar-refractivity contribution in [3.8, 4) is 0 Å². The first-order chi connectivity index (χ1) is 22.9. The second-order valence-corrected chi connectivity index (χ2v) is 15.0. The smallest absolute Gasteiger partial charge is 0.387 e. The van der Waals surface area contributed by atoms with Gasteiger partial charge in [-0.05, 0) is 19.3 Å². The van der Waals surface area contributed by atoms with Crippen molar-refractivity contribution in [2.45, 2.75) is 206 Å². The van der Waals surface area contributed by atoms with Gasteiger partial charge >= 0.3 is 7.82 Å². The maximum absolute atomic E-state index is 12.7. The van der Waals surface area contributed by atoms with E-state index in [2.05, 4.69) is 19.2 Å². The molecule has 280 valence electrons. The first-order valence-corrected chi connectivity index (χ1v) is 21.3. The number of amides is 1. The maximum Gasteiger partial charge on any atom is 0.472 e. The third-order valence-corrected chi connectivity index (χ3v) is 9.85. The minimum absolute atomic E-state index is 0.0808. The Hall–Kier alpha value is -0.760. The van der Waals surface area contributed by atoms with E-state index in [4.69, 9.17) is 14.8 Å². The van der Waals surface area contributed by atoms with Crippen LogP contribution in [0.3, 0.4) is 0 Å². The highest BCUT2D eigenvalue weighted by molar-refractivity contribution is 7.47. The second kappa shape index (κ2) is 35.1. The van der Waals surface area contributed by atoms with Crippen LogP contribution in [-0.2, 0) is 18.4 Å². The normalized spacial score (nSPS) is 14.4. The molecule has 0 saturated heterocycles. The van der Waals surface area contributed by atoms with E-state index in [9.17, 15) is 19.4 Å². The average Bonchev–Trinajstić information content (AvgIpc) is 3.05. The Morgan fingerprint density at radius 3 is 1.51 bits per heavy atom. The molecule has 9 heteroatoms. The molecule has 0 aromatic carbocycles. The minimum atomic E-state index is -4.32. The number of hydrogen-bond donors (Lipinski definition) is 4. The molecule has 5 N–H and O–H groups in total. The van der Waals surface area contributed by atoms with Crippen LogP contribution in [0.15, 0.2) is 12.2 Å². The summed E-state index contributed by atoms with van der Waals surface area (Å²) in [5.41, 5.74) is 5.35. The molecule has 1 unspecified atom stereocenters. The highest BCUT2D eigenvalue weighted by atomic mass is 31.2. The molecule has 0 aliphatic heterocycles. The van der Waals surface area contributed by atoms with Crippen LogP contribution >= 0.6 is 7.82 Å². The first-order valence-electron chi connectivity index (χ1n) is 19.8. The lowest BCUT2D eigenvalue weighted by Gasteiger charge is -2.23. The van der Waals surface area contributed by atoms with Crippen molar-refractivity contribution in [1.82, 2.24) is 5.32 Å². The average molecular weight is 689 g/mol. The quantitative estimate of drug-likeness (QED) is 0.0290. The zero-order valence-electron chi connectivity index (χ0n) is 30.8. The fourth-order valence-electron chi connectivity index (χ4n) is 5.84. The summed E-state index contributed by atoms with van der Waals surface area (Å²) < 4.78 is 22.0. The molecule has 0 bridgehead atoms. The molecule has 0 aromatic heterocycles. The van der Waals surface area contributed by atoms with E-state index in [1.807, 2.05) is 6.08 Å². The fourth-order valence-corrected chi connectivity index (χ4v) is 6.60. The van der Waals surface area contributed by atoms with Gasteiger partial charge in [0.05, 0.1) is 25.4 Å². The van der Waals surface area contributed by atoms with Crippen molar-refractivity contribution >= 4 is 13.7 Å². The Kier molecular flexibility index (Phi) is 34.5. The lowest BCUT2D eigenvalue weighted by molar-refractivity contribution is -0.123. The van der Waals surface area contributed by atoms with E-state index in [0.29, 0.717) is 6.42 Å². The van der Waals surface area contributed by atoms with Gasteiger partial charge in [0, 0.05) is 13.0 Å². The molecule has 0 heterocycles. The number of aliphatic hydroxyl groups is 1. The highest BCUT2D eigenvalue weighted by Crippen LogP contribution is 2.43. The molecule has 0 aliphatic carbocycles. The molecule has 3 atom stereocenters. The van der Waals surface area contributed by atoms with Crippen molar-refractivity contribution in [2.24, 2.45) is 5.73 Å². The number of carbonyl (C=O) groups excluding carboxylic acids is 1. The van der Waals surface area contributed by atoms with E-state index in [1.165, 1.54) is 135 Å². The number of unbranched alkanes of at least 4 members (excludes halogenated alkanes) is 25. The van der Waals surface area contributed by atoms with Gasteiger partial charge in [0.25, 0.3) is 0 Å². The van der Waals surface area contributed by atoms with Crippen molar-refractivity contribution in [1.29, 1.82) is 0 Å². The number of nitrogens with one attached hydrogen (secondary N) is 1. The summed E-state index contributed by atoms with van der Waals surface area (Å²) in [6.45, 7) is 4.11. The minimum Gasteiger partial charge on any atom is -0.387 e. The van der Waals surface area contributed by atoms with Gasteiger partial charge in [-0.1, -0.05) is 180 Å². The van der Waals surface area contributed by atoms with Crippen LogP contribution in [0.2, 0.25) is 0 Å². The van der Waals surface area contributed by atoms with Gasteiger partial charge in [-0.3, -0.25) is 13.8 Å². The van der Waals surface area contributed by atoms with Gasteiger partial charge in [0.15, 0.2) is 0 Å². The zero-order valence-corrected chi connectivity index (χ0v) is 31.7. The summed E-state index contributed by atoms with van der Waals surface area (Å²) in [5, 5.41) is 13.6. The van der Waals surface area contributed by atoms with Crippen LogP contribution in [0.1, 0.15) is 194 Å². The number of rotatable bonds is 37. The van der Waals surface area contributed by atoms with Gasteiger partial charge in [-0.25, -0.2) is 4.57 Å². The Balaban J connectivity index is 4.11. The Morgan fingerprint density at radius 1 is 0.681 bits per heavy atom. The van der Waals surface area contributed by atoms with E-state index < -0.39 is 20.0 Å². The number of phosphoric ester groups is 1. The number of hydrogen-bond acceptors (Lipinski definition) is 6. The van der Waals surface area contributed by atoms with Crippen molar-refractivity contribution in [3.63, 3.8) is 0 Å². The predicted octanol–water partition coefficient (Wildman–Crippen LogP) is 10.4. The standard InChI is InChI=1S/C38H77N2O6P/c1-3-5-7-9-11-13-14-15-16-17-18-19-20-21-22-24-26-28-30-32-38(42)40-36(35-46-47(43,44)45-34-33-39)37(41)31-29-27-25-23-12-10-8-6-4-2/h29,31,36-37,41H,3-28,30,32-35,39H2,1-2H3,(H,40,42)(H,43,44)/b31-29+/t36-,37+/m0/s1. The van der Waals surface area contributed by atoms with E-state index >= 15 is 0 Å². The van der Waals surface area contributed by atoms with Gasteiger partial charge in [-0.2, -0.15) is 0 Å². The fraction of sp³-hybridized carbons (Fsp3) is 0.921. The summed E-state index contributed by atoms with van der Waals surface area (Å²) in [4.78, 5) is 22.6. The molecule has 0 aromatic rings. The number of allylic oxidation sites excluding steroid dienone is 1. The first kappa shape index (κ1) is 46.2. The highest BCUT2D eigenvalue weighted by Gasteiger charge is 2.26. The Bertz CT molecular complexity index is 754. The van der Waals surface area contributed by atoms with Crippen molar-refractivity contribution < 1.29 is 28.4 Å². The summed E-state index contributed by atoms with van der Waals surface area (Å²) in [6, 6.07) is -0.852. The van der Waals surface area contributed by atoms with Crippen LogP contribution in [-0.4, -0.2) is 47.8 Å². The zero-order chi connectivity index (χ0) is 34.7. The van der Waals surface area contributed by atoms with Crippen LogP contribution in [0.4, 0.5) is 0 Å². The van der Waals surface area contributed by atoms with Crippen LogP contribution < -0.4 is 11.1 Å². The lowest BCUT2D eigenvalue weighted by Crippen LogP contribution is -2.45. The van der Waals surface area contributed by atoms with Crippen molar-refractivity contribution in [2.75, 3.05) is 19.8 Å².